The molecule has 0 spiro atoms. The number of rotatable bonds is 6. The third kappa shape index (κ3) is 2.92. The number of ether oxygens (including phenoxy) is 1. The van der Waals surface area contributed by atoms with Gasteiger partial charge in [-0.3, -0.25) is 4.79 Å². The molecule has 0 fully saturated rings. The Labute approximate surface area is 131 Å². The van der Waals surface area contributed by atoms with E-state index in [9.17, 15) is 4.79 Å². The first-order valence-electron chi connectivity index (χ1n) is 7.54. The lowest BCUT2D eigenvalue weighted by atomic mass is 9.90. The standard InChI is InChI=1S/C18H24N2O2/c1-11-12(2)18(19)14-7-5-8-15(20-9-6-10-22-4)17(14)16(11)13(3)21/h5,7-8,20H,6,9-10,19H2,1-4H3. The Morgan fingerprint density at radius 1 is 1.27 bits per heavy atom. The van der Waals surface area contributed by atoms with E-state index >= 15 is 0 Å². The number of nitrogens with one attached hydrogen (secondary N) is 1. The van der Waals surface area contributed by atoms with E-state index in [-0.39, 0.29) is 5.78 Å². The summed E-state index contributed by atoms with van der Waals surface area (Å²) < 4.78 is 5.07. The molecule has 0 saturated heterocycles. The van der Waals surface area contributed by atoms with Gasteiger partial charge in [0.05, 0.1) is 0 Å². The van der Waals surface area contributed by atoms with Crippen LogP contribution in [0.2, 0.25) is 0 Å². The average Bonchev–Trinajstić information content (AvgIpc) is 2.49. The summed E-state index contributed by atoms with van der Waals surface area (Å²) in [6, 6.07) is 5.94. The van der Waals surface area contributed by atoms with Gasteiger partial charge in [-0.05, 0) is 44.4 Å². The fourth-order valence-electron chi connectivity index (χ4n) is 2.85. The van der Waals surface area contributed by atoms with E-state index in [0.717, 1.165) is 51.8 Å². The molecule has 4 heteroatoms. The van der Waals surface area contributed by atoms with Crippen molar-refractivity contribution in [3.05, 3.63) is 34.9 Å². The maximum Gasteiger partial charge on any atom is 0.160 e. The number of hydrogen-bond donors (Lipinski definition) is 2. The average molecular weight is 300 g/mol. The first kappa shape index (κ1) is 16.3. The van der Waals surface area contributed by atoms with Gasteiger partial charge in [-0.2, -0.15) is 0 Å². The number of benzene rings is 2. The van der Waals surface area contributed by atoms with Crippen LogP contribution in [0.3, 0.4) is 0 Å². The molecule has 0 radical (unpaired) electrons. The molecule has 0 bridgehead atoms. The molecule has 2 aromatic carbocycles. The van der Waals surface area contributed by atoms with Crippen LogP contribution in [0.5, 0.6) is 0 Å². The van der Waals surface area contributed by atoms with Gasteiger partial charge in [0.1, 0.15) is 0 Å². The molecule has 0 aliphatic carbocycles. The highest BCUT2D eigenvalue weighted by Gasteiger charge is 2.17. The van der Waals surface area contributed by atoms with Crippen molar-refractivity contribution in [3.8, 4) is 0 Å². The van der Waals surface area contributed by atoms with E-state index in [2.05, 4.69) is 5.32 Å². The Bertz CT molecular complexity index is 708. The number of nitrogens with two attached hydrogens (primary N) is 1. The summed E-state index contributed by atoms with van der Waals surface area (Å²) in [7, 11) is 1.69. The zero-order valence-electron chi connectivity index (χ0n) is 13.7. The second-order valence-corrected chi connectivity index (χ2v) is 5.60. The van der Waals surface area contributed by atoms with E-state index in [1.165, 1.54) is 0 Å². The first-order valence-corrected chi connectivity index (χ1v) is 7.54. The number of hydrogen-bond acceptors (Lipinski definition) is 4. The van der Waals surface area contributed by atoms with Crippen molar-refractivity contribution in [2.24, 2.45) is 0 Å². The van der Waals surface area contributed by atoms with Crippen molar-refractivity contribution in [1.29, 1.82) is 0 Å². The molecule has 22 heavy (non-hydrogen) atoms. The van der Waals surface area contributed by atoms with Crippen LogP contribution in [-0.2, 0) is 4.74 Å². The summed E-state index contributed by atoms with van der Waals surface area (Å²) in [6.07, 6.45) is 0.905. The van der Waals surface area contributed by atoms with Crippen LogP contribution in [0.1, 0.15) is 34.8 Å². The Balaban J connectivity index is 2.61. The molecule has 2 aromatic rings. The van der Waals surface area contributed by atoms with Gasteiger partial charge in [0.15, 0.2) is 5.78 Å². The van der Waals surface area contributed by atoms with Gasteiger partial charge in [0, 0.05) is 48.0 Å². The number of anilines is 2. The second-order valence-electron chi connectivity index (χ2n) is 5.60. The topological polar surface area (TPSA) is 64.3 Å². The molecule has 2 rings (SSSR count). The maximum atomic E-state index is 12.2. The van der Waals surface area contributed by atoms with Crippen molar-refractivity contribution in [2.45, 2.75) is 27.2 Å². The molecule has 0 atom stereocenters. The molecule has 3 N–H and O–H groups in total. The molecule has 0 aromatic heterocycles. The fraction of sp³-hybridized carbons (Fsp3) is 0.389. The number of methoxy groups -OCH3 is 1. The molecule has 0 aliphatic rings. The smallest absolute Gasteiger partial charge is 0.160 e. The van der Waals surface area contributed by atoms with Gasteiger partial charge in [-0.15, -0.1) is 0 Å². The van der Waals surface area contributed by atoms with Gasteiger partial charge in [0.25, 0.3) is 0 Å². The van der Waals surface area contributed by atoms with E-state index in [1.807, 2.05) is 32.0 Å². The lowest BCUT2D eigenvalue weighted by molar-refractivity contribution is 0.101. The Morgan fingerprint density at radius 3 is 2.64 bits per heavy atom. The largest absolute Gasteiger partial charge is 0.398 e. The summed E-state index contributed by atoms with van der Waals surface area (Å²) >= 11 is 0. The van der Waals surface area contributed by atoms with Crippen molar-refractivity contribution < 1.29 is 9.53 Å². The molecule has 0 heterocycles. The molecule has 0 amide bonds. The molecule has 0 unspecified atom stereocenters. The third-order valence-electron chi connectivity index (χ3n) is 4.14. The molecular formula is C18H24N2O2. The molecule has 0 saturated carbocycles. The van der Waals surface area contributed by atoms with E-state index in [4.69, 9.17) is 10.5 Å². The van der Waals surface area contributed by atoms with Crippen LogP contribution in [0.25, 0.3) is 10.8 Å². The predicted molar refractivity (Wildman–Crippen MR) is 92.8 cm³/mol. The van der Waals surface area contributed by atoms with Crippen LogP contribution < -0.4 is 11.1 Å². The monoisotopic (exact) mass is 300 g/mol. The number of carbonyl (C=O) groups excluding carboxylic acids is 1. The highest BCUT2D eigenvalue weighted by molar-refractivity contribution is 6.16. The lowest BCUT2D eigenvalue weighted by Crippen LogP contribution is -2.09. The zero-order valence-corrected chi connectivity index (χ0v) is 13.7. The first-order chi connectivity index (χ1) is 10.5. The molecule has 4 nitrogen and oxygen atoms in total. The summed E-state index contributed by atoms with van der Waals surface area (Å²) in [4.78, 5) is 12.2. The van der Waals surface area contributed by atoms with Crippen molar-refractivity contribution >= 4 is 27.9 Å². The maximum absolute atomic E-state index is 12.2. The second kappa shape index (κ2) is 6.79. The Morgan fingerprint density at radius 2 is 2.00 bits per heavy atom. The van der Waals surface area contributed by atoms with Crippen LogP contribution in [0, 0.1) is 13.8 Å². The minimum atomic E-state index is 0.0664. The fourth-order valence-corrected chi connectivity index (χ4v) is 2.85. The molecular weight excluding hydrogens is 276 g/mol. The SMILES string of the molecule is COCCCNc1cccc2c(N)c(C)c(C)c(C(C)=O)c12. The van der Waals surface area contributed by atoms with Crippen molar-refractivity contribution in [2.75, 3.05) is 31.3 Å². The zero-order chi connectivity index (χ0) is 16.3. The number of carbonyl (C=O) groups is 1. The van der Waals surface area contributed by atoms with Gasteiger partial charge in [-0.1, -0.05) is 12.1 Å². The minimum absolute atomic E-state index is 0.0664. The summed E-state index contributed by atoms with van der Waals surface area (Å²) in [5.74, 6) is 0.0664. The van der Waals surface area contributed by atoms with Crippen LogP contribution in [0.15, 0.2) is 18.2 Å². The third-order valence-corrected chi connectivity index (χ3v) is 4.14. The Kier molecular flexibility index (Phi) is 5.03. The molecule has 0 aliphatic heterocycles. The van der Waals surface area contributed by atoms with Crippen LogP contribution in [-0.4, -0.2) is 26.0 Å². The Hall–Kier alpha value is -2.07. The van der Waals surface area contributed by atoms with E-state index < -0.39 is 0 Å². The summed E-state index contributed by atoms with van der Waals surface area (Å²) in [6.45, 7) is 7.03. The number of ketones is 1. The molecule has 118 valence electrons. The van der Waals surface area contributed by atoms with E-state index in [1.54, 1.807) is 14.0 Å². The lowest BCUT2D eigenvalue weighted by Gasteiger charge is -2.18. The highest BCUT2D eigenvalue weighted by atomic mass is 16.5. The van der Waals surface area contributed by atoms with Gasteiger partial charge in [0.2, 0.25) is 0 Å². The number of Topliss-reactive ketones (excluding diaryl/α,β-unsaturated/α-hetero) is 1. The van der Waals surface area contributed by atoms with Gasteiger partial charge in [-0.25, -0.2) is 0 Å². The van der Waals surface area contributed by atoms with Crippen LogP contribution in [0.4, 0.5) is 11.4 Å². The van der Waals surface area contributed by atoms with Crippen molar-refractivity contribution in [1.82, 2.24) is 0 Å². The number of fused-ring (bicyclic) bond motifs is 1. The number of nitrogen functional groups attached to an aromatic ring is 1. The van der Waals surface area contributed by atoms with Crippen molar-refractivity contribution in [3.63, 3.8) is 0 Å². The van der Waals surface area contributed by atoms with Gasteiger partial charge >= 0.3 is 0 Å². The summed E-state index contributed by atoms with van der Waals surface area (Å²) in [5.41, 5.74) is 10.7. The van der Waals surface area contributed by atoms with Crippen LogP contribution >= 0.6 is 0 Å². The highest BCUT2D eigenvalue weighted by Crippen LogP contribution is 2.36. The predicted octanol–water partition coefficient (Wildman–Crippen LogP) is 3.69. The normalized spacial score (nSPS) is 10.9. The quantitative estimate of drug-likeness (QED) is 0.485. The van der Waals surface area contributed by atoms with E-state index in [0.29, 0.717) is 6.61 Å². The minimum Gasteiger partial charge on any atom is -0.398 e. The van der Waals surface area contributed by atoms with Gasteiger partial charge < -0.3 is 15.8 Å². The summed E-state index contributed by atoms with van der Waals surface area (Å²) in [5, 5.41) is 5.26.